The summed E-state index contributed by atoms with van der Waals surface area (Å²) in [5.41, 5.74) is 0. The van der Waals surface area contributed by atoms with Gasteiger partial charge in [0.25, 0.3) is 0 Å². The normalized spacial score (nSPS) is 35.9. The van der Waals surface area contributed by atoms with E-state index in [9.17, 15) is 4.79 Å². The quantitative estimate of drug-likeness (QED) is 0.824. The van der Waals surface area contributed by atoms with Gasteiger partial charge in [0.2, 0.25) is 0 Å². The van der Waals surface area contributed by atoms with Crippen LogP contribution in [0.2, 0.25) is 0 Å². The van der Waals surface area contributed by atoms with Crippen LogP contribution in [0.1, 0.15) is 44.9 Å². The van der Waals surface area contributed by atoms with E-state index in [1.807, 2.05) is 0 Å². The third-order valence-corrected chi connectivity index (χ3v) is 5.32. The molecule has 108 valence electrons. The van der Waals surface area contributed by atoms with Gasteiger partial charge in [0.15, 0.2) is 0 Å². The number of likely N-dealkylation sites (tertiary alicyclic amines) is 1. The molecule has 0 aromatic heterocycles. The Morgan fingerprint density at radius 3 is 2.26 bits per heavy atom. The van der Waals surface area contributed by atoms with E-state index in [-0.39, 0.29) is 0 Å². The lowest BCUT2D eigenvalue weighted by molar-refractivity contribution is -0.138. The predicted octanol–water partition coefficient (Wildman–Crippen LogP) is 1.80. The van der Waals surface area contributed by atoms with Crippen molar-refractivity contribution in [2.75, 3.05) is 26.2 Å². The lowest BCUT2D eigenvalue weighted by Crippen LogP contribution is -2.46. The van der Waals surface area contributed by atoms with Gasteiger partial charge in [-0.15, -0.1) is 0 Å². The molecule has 0 amide bonds. The molecule has 3 aliphatic rings. The van der Waals surface area contributed by atoms with Gasteiger partial charge in [-0.05, 0) is 57.5 Å². The summed E-state index contributed by atoms with van der Waals surface area (Å²) >= 11 is 0. The smallest absolute Gasteiger partial charge is 0.303 e. The molecule has 2 unspecified atom stereocenters. The summed E-state index contributed by atoms with van der Waals surface area (Å²) in [5, 5.41) is 8.95. The summed E-state index contributed by atoms with van der Waals surface area (Å²) in [7, 11) is 0. The minimum atomic E-state index is -0.616. The molecule has 0 radical (unpaired) electrons. The Morgan fingerprint density at radius 2 is 1.68 bits per heavy atom. The third-order valence-electron chi connectivity index (χ3n) is 5.32. The van der Waals surface area contributed by atoms with Gasteiger partial charge in [-0.3, -0.25) is 9.69 Å². The van der Waals surface area contributed by atoms with E-state index < -0.39 is 5.97 Å². The molecule has 0 saturated carbocycles. The second-order valence-electron chi connectivity index (χ2n) is 6.61. The lowest BCUT2D eigenvalue weighted by atomic mass is 9.88. The topological polar surface area (TPSA) is 43.8 Å². The monoisotopic (exact) mass is 266 g/mol. The van der Waals surface area contributed by atoms with Crippen molar-refractivity contribution in [2.24, 2.45) is 5.92 Å². The van der Waals surface area contributed by atoms with Crippen molar-refractivity contribution in [1.82, 2.24) is 9.80 Å². The molecule has 4 heteroatoms. The second kappa shape index (κ2) is 5.80. The number of carboxylic acid groups (broad SMARTS) is 1. The summed E-state index contributed by atoms with van der Waals surface area (Å²) in [6, 6.07) is 1.34. The predicted molar refractivity (Wildman–Crippen MR) is 74.2 cm³/mol. The maximum absolute atomic E-state index is 10.9. The summed E-state index contributed by atoms with van der Waals surface area (Å²) < 4.78 is 0. The number of carbonyl (C=O) groups is 1. The maximum Gasteiger partial charge on any atom is 0.303 e. The average molecular weight is 266 g/mol. The van der Waals surface area contributed by atoms with Crippen LogP contribution in [0.4, 0.5) is 0 Å². The van der Waals surface area contributed by atoms with Crippen molar-refractivity contribution in [2.45, 2.75) is 57.0 Å². The van der Waals surface area contributed by atoms with E-state index in [4.69, 9.17) is 5.11 Å². The molecule has 19 heavy (non-hydrogen) atoms. The Morgan fingerprint density at radius 1 is 1.05 bits per heavy atom. The van der Waals surface area contributed by atoms with Gasteiger partial charge in [-0.2, -0.15) is 0 Å². The van der Waals surface area contributed by atoms with Gasteiger partial charge >= 0.3 is 5.97 Å². The van der Waals surface area contributed by atoms with E-state index in [1.54, 1.807) is 0 Å². The fourth-order valence-corrected chi connectivity index (χ4v) is 4.43. The van der Waals surface area contributed by atoms with Crippen molar-refractivity contribution in [1.29, 1.82) is 0 Å². The van der Waals surface area contributed by atoms with Gasteiger partial charge in [0, 0.05) is 31.6 Å². The summed E-state index contributed by atoms with van der Waals surface area (Å²) in [6.07, 6.45) is 7.93. The fourth-order valence-electron chi connectivity index (χ4n) is 4.43. The van der Waals surface area contributed by atoms with Gasteiger partial charge in [0.1, 0.15) is 0 Å². The molecule has 0 aliphatic carbocycles. The molecular weight excluding hydrogens is 240 g/mol. The SMILES string of the molecule is O=C(O)CC1CC2CCC(C1)N2CCN1CCCC1. The van der Waals surface area contributed by atoms with Crippen molar-refractivity contribution in [3.63, 3.8) is 0 Å². The molecule has 3 aliphatic heterocycles. The van der Waals surface area contributed by atoms with E-state index in [1.165, 1.54) is 51.9 Å². The minimum absolute atomic E-state index is 0.382. The van der Waals surface area contributed by atoms with E-state index in [0.29, 0.717) is 24.4 Å². The Hall–Kier alpha value is -0.610. The van der Waals surface area contributed by atoms with Gasteiger partial charge in [-0.25, -0.2) is 0 Å². The Kier molecular flexibility index (Phi) is 4.08. The van der Waals surface area contributed by atoms with Crippen LogP contribution in [-0.4, -0.2) is 59.1 Å². The molecule has 3 saturated heterocycles. The van der Waals surface area contributed by atoms with Gasteiger partial charge < -0.3 is 10.0 Å². The number of hydrogen-bond acceptors (Lipinski definition) is 3. The lowest BCUT2D eigenvalue weighted by Gasteiger charge is -2.39. The molecule has 0 spiro atoms. The number of rotatable bonds is 5. The highest BCUT2D eigenvalue weighted by molar-refractivity contribution is 5.67. The van der Waals surface area contributed by atoms with Crippen LogP contribution in [0.15, 0.2) is 0 Å². The highest BCUT2D eigenvalue weighted by atomic mass is 16.4. The average Bonchev–Trinajstić information content (AvgIpc) is 2.93. The first-order valence-electron chi connectivity index (χ1n) is 7.92. The number of fused-ring (bicyclic) bond motifs is 2. The first-order valence-corrected chi connectivity index (χ1v) is 7.92. The molecule has 3 heterocycles. The largest absolute Gasteiger partial charge is 0.481 e. The van der Waals surface area contributed by atoms with Crippen LogP contribution in [0, 0.1) is 5.92 Å². The van der Waals surface area contributed by atoms with Crippen molar-refractivity contribution in [3.05, 3.63) is 0 Å². The van der Waals surface area contributed by atoms with Crippen molar-refractivity contribution >= 4 is 5.97 Å². The van der Waals surface area contributed by atoms with Crippen molar-refractivity contribution in [3.8, 4) is 0 Å². The maximum atomic E-state index is 10.9. The van der Waals surface area contributed by atoms with Crippen LogP contribution < -0.4 is 0 Å². The molecule has 0 aromatic rings. The zero-order chi connectivity index (χ0) is 13.2. The molecule has 3 rings (SSSR count). The van der Waals surface area contributed by atoms with Gasteiger partial charge in [0.05, 0.1) is 0 Å². The van der Waals surface area contributed by atoms with Crippen LogP contribution in [0.25, 0.3) is 0 Å². The summed E-state index contributed by atoms with van der Waals surface area (Å²) in [6.45, 7) is 4.99. The number of aliphatic carboxylic acids is 1. The third kappa shape index (κ3) is 3.11. The Labute approximate surface area is 115 Å². The number of nitrogens with zero attached hydrogens (tertiary/aromatic N) is 2. The molecule has 3 fully saturated rings. The highest BCUT2D eigenvalue weighted by Crippen LogP contribution is 2.39. The van der Waals surface area contributed by atoms with Crippen molar-refractivity contribution < 1.29 is 9.90 Å². The molecule has 0 aromatic carbocycles. The minimum Gasteiger partial charge on any atom is -0.481 e. The zero-order valence-electron chi connectivity index (χ0n) is 11.8. The number of carboxylic acids is 1. The van der Waals surface area contributed by atoms with Crippen LogP contribution in [-0.2, 0) is 4.79 Å². The first-order chi connectivity index (χ1) is 9.22. The Balaban J connectivity index is 1.49. The van der Waals surface area contributed by atoms with E-state index >= 15 is 0 Å². The van der Waals surface area contributed by atoms with Crippen LogP contribution in [0.5, 0.6) is 0 Å². The molecule has 2 atom stereocenters. The number of piperidine rings is 1. The summed E-state index contributed by atoms with van der Waals surface area (Å²) in [4.78, 5) is 16.1. The molecular formula is C15H26N2O2. The highest BCUT2D eigenvalue weighted by Gasteiger charge is 2.40. The Bertz CT molecular complexity index is 314. The number of hydrogen-bond donors (Lipinski definition) is 1. The summed E-state index contributed by atoms with van der Waals surface area (Å²) in [5.74, 6) is -0.187. The van der Waals surface area contributed by atoms with Crippen LogP contribution in [0.3, 0.4) is 0 Å². The second-order valence-corrected chi connectivity index (χ2v) is 6.61. The van der Waals surface area contributed by atoms with E-state index in [0.717, 1.165) is 12.8 Å². The van der Waals surface area contributed by atoms with Gasteiger partial charge in [-0.1, -0.05) is 0 Å². The standard InChI is InChI=1S/C15H26N2O2/c18-15(19)11-12-9-13-3-4-14(10-12)17(13)8-7-16-5-1-2-6-16/h12-14H,1-11H2,(H,18,19). The van der Waals surface area contributed by atoms with Crippen LogP contribution >= 0.6 is 0 Å². The van der Waals surface area contributed by atoms with E-state index in [2.05, 4.69) is 9.80 Å². The fraction of sp³-hybridized carbons (Fsp3) is 0.933. The molecule has 2 bridgehead atoms. The molecule has 1 N–H and O–H groups in total. The molecule has 4 nitrogen and oxygen atoms in total. The first kappa shape index (κ1) is 13.4. The zero-order valence-corrected chi connectivity index (χ0v) is 11.8.